The molecule has 0 bridgehead atoms. The second-order valence-electron chi connectivity index (χ2n) is 7.44. The van der Waals surface area contributed by atoms with E-state index in [0.717, 1.165) is 43.1 Å². The van der Waals surface area contributed by atoms with Gasteiger partial charge in [0, 0.05) is 30.3 Å². The predicted octanol–water partition coefficient (Wildman–Crippen LogP) is 4.72. The summed E-state index contributed by atoms with van der Waals surface area (Å²) in [6.07, 6.45) is 4.63. The fourth-order valence-corrected chi connectivity index (χ4v) is 4.30. The first-order chi connectivity index (χ1) is 13.1. The van der Waals surface area contributed by atoms with Crippen LogP contribution in [0.2, 0.25) is 5.02 Å². The summed E-state index contributed by atoms with van der Waals surface area (Å²) in [6.45, 7) is 4.79. The highest BCUT2D eigenvalue weighted by molar-refractivity contribution is 6.31. The summed E-state index contributed by atoms with van der Waals surface area (Å²) in [7, 11) is 0. The number of rotatable bonds is 4. The van der Waals surface area contributed by atoms with Gasteiger partial charge in [0.25, 0.3) is 0 Å². The molecule has 142 valence electrons. The molecule has 0 aliphatic carbocycles. The maximum Gasteiger partial charge on any atom is 0.249 e. The Morgan fingerprint density at radius 2 is 1.81 bits per heavy atom. The minimum Gasteiger partial charge on any atom is -0.372 e. The zero-order valence-corrected chi connectivity index (χ0v) is 16.5. The molecule has 5 heteroatoms. The van der Waals surface area contributed by atoms with Crippen molar-refractivity contribution in [2.24, 2.45) is 0 Å². The van der Waals surface area contributed by atoms with Crippen LogP contribution in [0.25, 0.3) is 0 Å². The molecule has 1 N–H and O–H groups in total. The Hall–Kier alpha value is -2.20. The highest BCUT2D eigenvalue weighted by atomic mass is 35.5. The third-order valence-electron chi connectivity index (χ3n) is 5.55. The molecule has 27 heavy (non-hydrogen) atoms. The molecule has 1 amide bonds. The normalized spacial score (nSPS) is 17.6. The van der Waals surface area contributed by atoms with Gasteiger partial charge < -0.3 is 15.1 Å². The molecule has 0 aromatic heterocycles. The van der Waals surface area contributed by atoms with Gasteiger partial charge in [0.2, 0.25) is 5.91 Å². The Morgan fingerprint density at radius 3 is 2.63 bits per heavy atom. The quantitative estimate of drug-likeness (QED) is 0.829. The van der Waals surface area contributed by atoms with Crippen molar-refractivity contribution < 1.29 is 4.79 Å². The predicted molar refractivity (Wildman–Crippen MR) is 113 cm³/mol. The van der Waals surface area contributed by atoms with Gasteiger partial charge in [0.05, 0.1) is 11.4 Å². The molecule has 0 saturated carbocycles. The summed E-state index contributed by atoms with van der Waals surface area (Å²) in [5, 5.41) is 4.12. The van der Waals surface area contributed by atoms with E-state index in [1.807, 2.05) is 42.2 Å². The molecule has 4 rings (SSSR count). The van der Waals surface area contributed by atoms with Crippen molar-refractivity contribution >= 4 is 34.6 Å². The Labute approximate surface area is 166 Å². The van der Waals surface area contributed by atoms with Gasteiger partial charge in [-0.3, -0.25) is 4.79 Å². The van der Waals surface area contributed by atoms with Crippen LogP contribution >= 0.6 is 11.6 Å². The highest BCUT2D eigenvalue weighted by Crippen LogP contribution is 2.33. The van der Waals surface area contributed by atoms with Crippen molar-refractivity contribution in [1.29, 1.82) is 0 Å². The molecule has 2 heterocycles. The average Bonchev–Trinajstić information content (AvgIpc) is 3.12. The smallest absolute Gasteiger partial charge is 0.249 e. The minimum atomic E-state index is -0.321. The van der Waals surface area contributed by atoms with Crippen LogP contribution in [0.1, 0.15) is 31.7 Å². The van der Waals surface area contributed by atoms with Gasteiger partial charge in [0.1, 0.15) is 6.04 Å². The van der Waals surface area contributed by atoms with Crippen LogP contribution in [0.15, 0.2) is 42.5 Å². The maximum absolute atomic E-state index is 13.1. The number of amides is 1. The number of halogens is 1. The Morgan fingerprint density at radius 1 is 1.04 bits per heavy atom. The third kappa shape index (κ3) is 3.77. The van der Waals surface area contributed by atoms with Crippen LogP contribution in [0.5, 0.6) is 0 Å². The number of carbonyl (C=O) groups excluding carboxylic acids is 1. The number of fused-ring (bicyclic) bond motifs is 1. The molecule has 2 aliphatic rings. The number of nitrogens with zero attached hydrogens (tertiary/aromatic N) is 2. The van der Waals surface area contributed by atoms with Gasteiger partial charge in [-0.1, -0.05) is 29.8 Å². The fourth-order valence-electron chi connectivity index (χ4n) is 4.13. The van der Waals surface area contributed by atoms with Gasteiger partial charge >= 0.3 is 0 Å². The summed E-state index contributed by atoms with van der Waals surface area (Å²) in [6, 6.07) is 13.8. The van der Waals surface area contributed by atoms with E-state index in [1.54, 1.807) is 0 Å². The first-order valence-corrected chi connectivity index (χ1v) is 10.2. The summed E-state index contributed by atoms with van der Waals surface area (Å²) < 4.78 is 0. The Kier molecular flexibility index (Phi) is 5.26. The van der Waals surface area contributed by atoms with E-state index in [4.69, 9.17) is 11.6 Å². The fraction of sp³-hybridized carbons (Fsp3) is 0.409. The van der Waals surface area contributed by atoms with Crippen LogP contribution in [-0.4, -0.2) is 31.6 Å². The molecule has 0 radical (unpaired) electrons. The second kappa shape index (κ2) is 7.81. The van der Waals surface area contributed by atoms with Crippen LogP contribution in [-0.2, 0) is 11.2 Å². The van der Waals surface area contributed by atoms with Crippen molar-refractivity contribution in [3.63, 3.8) is 0 Å². The topological polar surface area (TPSA) is 35.6 Å². The summed E-state index contributed by atoms with van der Waals surface area (Å²) in [4.78, 5) is 17.4. The van der Waals surface area contributed by atoms with Gasteiger partial charge in [0.15, 0.2) is 0 Å². The first kappa shape index (κ1) is 18.2. The first-order valence-electron chi connectivity index (χ1n) is 9.84. The number of hydrogen-bond acceptors (Lipinski definition) is 3. The number of piperidine rings is 1. The lowest BCUT2D eigenvalue weighted by atomic mass is 10.1. The van der Waals surface area contributed by atoms with E-state index in [9.17, 15) is 4.79 Å². The molecular formula is C22H26ClN3O. The van der Waals surface area contributed by atoms with Crippen LogP contribution in [0.4, 0.5) is 17.1 Å². The minimum absolute atomic E-state index is 0.101. The van der Waals surface area contributed by atoms with E-state index in [1.165, 1.54) is 24.8 Å². The number of carbonyl (C=O) groups is 1. The number of anilines is 3. The van der Waals surface area contributed by atoms with Crippen molar-refractivity contribution in [2.45, 2.75) is 38.6 Å². The Balaban J connectivity index is 1.53. The summed E-state index contributed by atoms with van der Waals surface area (Å²) in [5.74, 6) is 0.101. The number of para-hydroxylation sites is 1. The summed E-state index contributed by atoms with van der Waals surface area (Å²) >= 11 is 6.26. The molecule has 4 nitrogen and oxygen atoms in total. The maximum atomic E-state index is 13.1. The highest BCUT2D eigenvalue weighted by Gasteiger charge is 2.28. The van der Waals surface area contributed by atoms with Crippen LogP contribution in [0, 0.1) is 0 Å². The van der Waals surface area contributed by atoms with E-state index < -0.39 is 0 Å². The molecule has 2 aliphatic heterocycles. The largest absolute Gasteiger partial charge is 0.372 e. The number of benzene rings is 2. The lowest BCUT2D eigenvalue weighted by Gasteiger charge is -2.32. The molecule has 1 fully saturated rings. The molecule has 1 saturated heterocycles. The summed E-state index contributed by atoms with van der Waals surface area (Å²) in [5.41, 5.74) is 4.37. The van der Waals surface area contributed by atoms with E-state index >= 15 is 0 Å². The Bertz CT molecular complexity index is 832. The van der Waals surface area contributed by atoms with Crippen molar-refractivity contribution in [3.8, 4) is 0 Å². The number of nitrogens with one attached hydrogen (secondary N) is 1. The third-order valence-corrected chi connectivity index (χ3v) is 5.79. The molecule has 0 spiro atoms. The van der Waals surface area contributed by atoms with Crippen LogP contribution in [0.3, 0.4) is 0 Å². The molecular weight excluding hydrogens is 358 g/mol. The average molecular weight is 384 g/mol. The van der Waals surface area contributed by atoms with Gasteiger partial charge in [-0.05, 0) is 62.4 Å². The SMILES string of the molecule is C[C@@H](Nc1cc(Cl)ccc1N1CCCCC1)C(=O)N1CCc2ccccc21. The van der Waals surface area contributed by atoms with Crippen molar-refractivity contribution in [1.82, 2.24) is 0 Å². The standard InChI is InChI=1S/C22H26ClN3O/c1-16(22(27)26-14-11-17-7-3-4-8-20(17)26)24-19-15-18(23)9-10-21(19)25-12-5-2-6-13-25/h3-4,7-10,15-16,24H,2,5-6,11-14H2,1H3/t16-/m1/s1. The zero-order valence-electron chi connectivity index (χ0n) is 15.7. The molecule has 2 aromatic carbocycles. The van der Waals surface area contributed by atoms with E-state index in [0.29, 0.717) is 5.02 Å². The van der Waals surface area contributed by atoms with Crippen molar-refractivity contribution in [3.05, 3.63) is 53.1 Å². The molecule has 0 unspecified atom stereocenters. The van der Waals surface area contributed by atoms with Crippen molar-refractivity contribution in [2.75, 3.05) is 34.8 Å². The lowest BCUT2D eigenvalue weighted by molar-refractivity contribution is -0.118. The van der Waals surface area contributed by atoms with Gasteiger partial charge in [-0.15, -0.1) is 0 Å². The molecule has 2 aromatic rings. The van der Waals surface area contributed by atoms with E-state index in [-0.39, 0.29) is 11.9 Å². The van der Waals surface area contributed by atoms with E-state index in [2.05, 4.69) is 22.3 Å². The molecule has 1 atom stereocenters. The number of hydrogen-bond donors (Lipinski definition) is 1. The van der Waals surface area contributed by atoms with Gasteiger partial charge in [-0.25, -0.2) is 0 Å². The van der Waals surface area contributed by atoms with Gasteiger partial charge in [-0.2, -0.15) is 0 Å². The van der Waals surface area contributed by atoms with Crippen LogP contribution < -0.4 is 15.1 Å². The zero-order chi connectivity index (χ0) is 18.8. The second-order valence-corrected chi connectivity index (χ2v) is 7.88. The monoisotopic (exact) mass is 383 g/mol. The lowest BCUT2D eigenvalue weighted by Crippen LogP contribution is -2.41.